The van der Waals surface area contributed by atoms with E-state index in [4.69, 9.17) is 9.84 Å². The second kappa shape index (κ2) is 11.2. The first-order chi connectivity index (χ1) is 17.0. The first-order valence-electron chi connectivity index (χ1n) is 11.5. The van der Waals surface area contributed by atoms with Gasteiger partial charge in [-0.05, 0) is 35.8 Å². The summed E-state index contributed by atoms with van der Waals surface area (Å²) < 4.78 is 7.97. The predicted octanol–water partition coefficient (Wildman–Crippen LogP) is 5.02. The molecule has 4 aromatic rings. The summed E-state index contributed by atoms with van der Waals surface area (Å²) in [5.74, 6) is -0.424. The molecule has 0 aliphatic rings. The summed E-state index contributed by atoms with van der Waals surface area (Å²) in [4.78, 5) is 25.9. The smallest absolute Gasteiger partial charge is 0.328 e. The summed E-state index contributed by atoms with van der Waals surface area (Å²) in [5, 5.41) is 9.94. The Bertz CT molecular complexity index is 1330. The lowest BCUT2D eigenvalue weighted by Gasteiger charge is -2.18. The zero-order chi connectivity index (χ0) is 24.6. The number of likely N-dealkylation sites (N-methyl/N-ethyl adjacent to an activating group) is 1. The minimum absolute atomic E-state index is 0.0257. The fourth-order valence-electron chi connectivity index (χ4n) is 3.96. The number of aromatic nitrogens is 1. The number of fused-ring (bicyclic) bond motifs is 1. The monoisotopic (exact) mass is 468 g/mol. The maximum absolute atomic E-state index is 13.0. The van der Waals surface area contributed by atoms with Gasteiger partial charge < -0.3 is 19.3 Å². The topological polar surface area (TPSA) is 71.8 Å². The van der Waals surface area contributed by atoms with Crippen molar-refractivity contribution in [2.45, 2.75) is 19.6 Å². The van der Waals surface area contributed by atoms with Crippen LogP contribution in [0.4, 0.5) is 0 Å². The molecule has 3 aromatic carbocycles. The van der Waals surface area contributed by atoms with Crippen LogP contribution in [-0.2, 0) is 29.2 Å². The van der Waals surface area contributed by atoms with Gasteiger partial charge in [-0.3, -0.25) is 4.79 Å². The van der Waals surface area contributed by atoms with E-state index in [-0.39, 0.29) is 12.5 Å². The van der Waals surface area contributed by atoms with Crippen molar-refractivity contribution in [3.63, 3.8) is 0 Å². The van der Waals surface area contributed by atoms with Gasteiger partial charge in [0.15, 0.2) is 0 Å². The van der Waals surface area contributed by atoms with Crippen LogP contribution in [0.1, 0.15) is 16.7 Å². The lowest BCUT2D eigenvalue weighted by atomic mass is 10.1. The van der Waals surface area contributed by atoms with Crippen LogP contribution >= 0.6 is 0 Å². The third kappa shape index (κ3) is 6.18. The number of carbonyl (C=O) groups excluding carboxylic acids is 1. The summed E-state index contributed by atoms with van der Waals surface area (Å²) in [6.45, 7) is 1.14. The number of amides is 1. The van der Waals surface area contributed by atoms with Gasteiger partial charge in [-0.25, -0.2) is 4.79 Å². The molecule has 0 unspecified atom stereocenters. The number of carboxylic acid groups (broad SMARTS) is 1. The number of benzene rings is 3. The molecule has 6 heteroatoms. The zero-order valence-electron chi connectivity index (χ0n) is 19.6. The zero-order valence-corrected chi connectivity index (χ0v) is 19.6. The summed E-state index contributed by atoms with van der Waals surface area (Å²) in [6, 6.07) is 25.6. The van der Waals surface area contributed by atoms with Crippen LogP contribution in [0.25, 0.3) is 17.0 Å². The van der Waals surface area contributed by atoms with Gasteiger partial charge in [0.1, 0.15) is 18.9 Å². The average Bonchev–Trinajstić information content (AvgIpc) is 3.23. The van der Waals surface area contributed by atoms with Crippen LogP contribution in [0, 0.1) is 0 Å². The Hall–Kier alpha value is -4.32. The molecule has 6 nitrogen and oxygen atoms in total. The number of hydrogen-bond donors (Lipinski definition) is 1. The van der Waals surface area contributed by atoms with E-state index in [1.165, 1.54) is 5.56 Å². The average molecular weight is 469 g/mol. The van der Waals surface area contributed by atoms with E-state index in [0.29, 0.717) is 24.5 Å². The third-order valence-corrected chi connectivity index (χ3v) is 5.85. The molecular weight excluding hydrogens is 440 g/mol. The highest BCUT2D eigenvalue weighted by molar-refractivity contribution is 5.98. The molecule has 1 N–H and O–H groups in total. The first kappa shape index (κ1) is 23.8. The standard InChI is InChI=1S/C29H28N2O4/c1-30(18-17-22-9-4-2-5-10-22)27(32)20-31-19-24(15-16-28(33)34)29-25(31)13-8-14-26(29)35-21-23-11-6-3-7-12-23/h2-16,19H,17-18,20-21H2,1H3,(H,33,34). The number of carbonyl (C=O) groups is 2. The molecule has 0 spiro atoms. The molecular formula is C29H28N2O4. The predicted molar refractivity (Wildman–Crippen MR) is 137 cm³/mol. The largest absolute Gasteiger partial charge is 0.488 e. The Morgan fingerprint density at radius 3 is 2.31 bits per heavy atom. The molecule has 0 saturated carbocycles. The van der Waals surface area contributed by atoms with E-state index in [1.807, 2.05) is 77.5 Å². The highest BCUT2D eigenvalue weighted by Gasteiger charge is 2.16. The second-order valence-corrected chi connectivity index (χ2v) is 8.36. The quantitative estimate of drug-likeness (QED) is 0.332. The van der Waals surface area contributed by atoms with E-state index >= 15 is 0 Å². The molecule has 0 aliphatic heterocycles. The van der Waals surface area contributed by atoms with Gasteiger partial charge >= 0.3 is 5.97 Å². The Morgan fingerprint density at radius 1 is 0.943 bits per heavy atom. The number of hydrogen-bond acceptors (Lipinski definition) is 3. The van der Waals surface area contributed by atoms with Crippen molar-refractivity contribution in [3.05, 3.63) is 108 Å². The van der Waals surface area contributed by atoms with Crippen LogP contribution < -0.4 is 4.74 Å². The maximum Gasteiger partial charge on any atom is 0.328 e. The van der Waals surface area contributed by atoms with E-state index in [1.54, 1.807) is 18.0 Å². The molecule has 1 heterocycles. The number of rotatable bonds is 10. The maximum atomic E-state index is 13.0. The van der Waals surface area contributed by atoms with Gasteiger partial charge in [0.25, 0.3) is 0 Å². The number of ether oxygens (including phenoxy) is 1. The molecule has 0 atom stereocenters. The van der Waals surface area contributed by atoms with Crippen molar-refractivity contribution in [1.29, 1.82) is 0 Å². The van der Waals surface area contributed by atoms with Crippen molar-refractivity contribution in [2.75, 3.05) is 13.6 Å². The summed E-state index contributed by atoms with van der Waals surface area (Å²) in [6.07, 6.45) is 5.23. The Labute approximate surface area is 204 Å². The molecule has 0 saturated heterocycles. The van der Waals surface area contributed by atoms with E-state index in [9.17, 15) is 9.59 Å². The fraction of sp³-hybridized carbons (Fsp3) is 0.172. The number of nitrogens with zero attached hydrogens (tertiary/aromatic N) is 2. The van der Waals surface area contributed by atoms with Crippen molar-refractivity contribution in [2.24, 2.45) is 0 Å². The normalized spacial score (nSPS) is 11.1. The summed E-state index contributed by atoms with van der Waals surface area (Å²) in [7, 11) is 1.80. The van der Waals surface area contributed by atoms with Gasteiger partial charge in [-0.2, -0.15) is 0 Å². The van der Waals surface area contributed by atoms with Gasteiger partial charge in [-0.15, -0.1) is 0 Å². The first-order valence-corrected chi connectivity index (χ1v) is 11.5. The molecule has 1 amide bonds. The third-order valence-electron chi connectivity index (χ3n) is 5.85. The van der Waals surface area contributed by atoms with Crippen LogP contribution in [0.3, 0.4) is 0 Å². The Kier molecular flexibility index (Phi) is 7.63. The molecule has 178 valence electrons. The van der Waals surface area contributed by atoms with E-state index in [0.717, 1.165) is 29.0 Å². The SMILES string of the molecule is CN(CCc1ccccc1)C(=O)Cn1cc(C=CC(=O)O)c2c(OCc3ccccc3)cccc21. The molecule has 35 heavy (non-hydrogen) atoms. The van der Waals surface area contributed by atoms with E-state index < -0.39 is 5.97 Å². The molecule has 0 aliphatic carbocycles. The summed E-state index contributed by atoms with van der Waals surface area (Å²) in [5.41, 5.74) is 3.71. The minimum Gasteiger partial charge on any atom is -0.488 e. The van der Waals surface area contributed by atoms with Gasteiger partial charge in [0.05, 0.1) is 5.52 Å². The van der Waals surface area contributed by atoms with Crippen LogP contribution in [0.15, 0.2) is 91.1 Å². The molecule has 4 rings (SSSR count). The van der Waals surface area contributed by atoms with Crippen molar-refractivity contribution in [1.82, 2.24) is 9.47 Å². The number of carboxylic acids is 1. The van der Waals surface area contributed by atoms with Gasteiger partial charge in [0.2, 0.25) is 5.91 Å². The van der Waals surface area contributed by atoms with Crippen LogP contribution in [0.5, 0.6) is 5.75 Å². The van der Waals surface area contributed by atoms with E-state index in [2.05, 4.69) is 12.1 Å². The highest BCUT2D eigenvalue weighted by atomic mass is 16.5. The van der Waals surface area contributed by atoms with Gasteiger partial charge in [0, 0.05) is 36.8 Å². The van der Waals surface area contributed by atoms with Crippen molar-refractivity contribution < 1.29 is 19.4 Å². The van der Waals surface area contributed by atoms with Crippen molar-refractivity contribution >= 4 is 28.9 Å². The molecule has 1 aromatic heterocycles. The van der Waals surface area contributed by atoms with Gasteiger partial charge in [-0.1, -0.05) is 66.7 Å². The number of aliphatic carboxylic acids is 1. The fourth-order valence-corrected chi connectivity index (χ4v) is 3.96. The Morgan fingerprint density at radius 2 is 1.63 bits per heavy atom. The molecule has 0 radical (unpaired) electrons. The Balaban J connectivity index is 1.57. The minimum atomic E-state index is -1.04. The molecule has 0 bridgehead atoms. The van der Waals surface area contributed by atoms with Crippen molar-refractivity contribution in [3.8, 4) is 5.75 Å². The summed E-state index contributed by atoms with van der Waals surface area (Å²) >= 11 is 0. The highest BCUT2D eigenvalue weighted by Crippen LogP contribution is 2.32. The van der Waals surface area contributed by atoms with Crippen LogP contribution in [0.2, 0.25) is 0 Å². The lowest BCUT2D eigenvalue weighted by molar-refractivity contribution is -0.131. The van der Waals surface area contributed by atoms with Crippen LogP contribution in [-0.4, -0.2) is 40.0 Å². The molecule has 0 fully saturated rings. The second-order valence-electron chi connectivity index (χ2n) is 8.36. The lowest BCUT2D eigenvalue weighted by Crippen LogP contribution is -2.31.